The second-order valence-corrected chi connectivity index (χ2v) is 5.03. The molecule has 0 fully saturated rings. The molecular weight excluding hydrogens is 274 g/mol. The normalized spacial score (nSPS) is 12.4. The summed E-state index contributed by atoms with van der Waals surface area (Å²) in [6, 6.07) is 2.30. The number of amides is 1. The van der Waals surface area contributed by atoms with Crippen LogP contribution in [-0.2, 0) is 11.2 Å². The van der Waals surface area contributed by atoms with Gasteiger partial charge in [-0.1, -0.05) is 22.9 Å². The molecular formula is C11H16BrNOS. The van der Waals surface area contributed by atoms with Crippen LogP contribution < -0.4 is 5.32 Å². The maximum absolute atomic E-state index is 11.6. The summed E-state index contributed by atoms with van der Waals surface area (Å²) in [5.74, 6) is 0.126. The lowest BCUT2D eigenvalue weighted by Gasteiger charge is -2.15. The Bertz CT molecular complexity index is 287. The van der Waals surface area contributed by atoms with E-state index in [2.05, 4.69) is 28.2 Å². The van der Waals surface area contributed by atoms with Gasteiger partial charge in [-0.05, 0) is 35.2 Å². The maximum atomic E-state index is 11.6. The number of halogens is 1. The zero-order chi connectivity index (χ0) is 11.1. The van der Waals surface area contributed by atoms with E-state index in [0.29, 0.717) is 12.5 Å². The number of carbonyl (C=O) groups is 1. The third kappa shape index (κ3) is 4.80. The van der Waals surface area contributed by atoms with Crippen molar-refractivity contribution in [3.8, 4) is 0 Å². The van der Waals surface area contributed by atoms with Crippen LogP contribution in [0.5, 0.6) is 0 Å². The van der Waals surface area contributed by atoms with Gasteiger partial charge in [-0.15, -0.1) is 0 Å². The Labute approximate surface area is 103 Å². The van der Waals surface area contributed by atoms with Crippen molar-refractivity contribution in [2.75, 3.05) is 5.33 Å². The summed E-state index contributed by atoms with van der Waals surface area (Å²) >= 11 is 5.02. The van der Waals surface area contributed by atoms with E-state index < -0.39 is 0 Å². The van der Waals surface area contributed by atoms with Crippen molar-refractivity contribution in [2.45, 2.75) is 32.2 Å². The van der Waals surface area contributed by atoms with Crippen molar-refractivity contribution in [3.05, 3.63) is 22.4 Å². The molecule has 1 aromatic heterocycles. The monoisotopic (exact) mass is 289 g/mol. The lowest BCUT2D eigenvalue weighted by atomic mass is 10.1. The summed E-state index contributed by atoms with van der Waals surface area (Å²) in [6.45, 7) is 2.10. The highest BCUT2D eigenvalue weighted by molar-refractivity contribution is 9.09. The molecule has 1 rings (SSSR count). The van der Waals surface area contributed by atoms with Crippen molar-refractivity contribution in [1.29, 1.82) is 0 Å². The van der Waals surface area contributed by atoms with Crippen LogP contribution in [0.25, 0.3) is 0 Å². The van der Waals surface area contributed by atoms with Gasteiger partial charge in [0.1, 0.15) is 0 Å². The predicted molar refractivity (Wildman–Crippen MR) is 68.7 cm³/mol. The van der Waals surface area contributed by atoms with E-state index in [1.54, 1.807) is 11.3 Å². The van der Waals surface area contributed by atoms with E-state index >= 15 is 0 Å². The average molecular weight is 290 g/mol. The van der Waals surface area contributed by atoms with Crippen molar-refractivity contribution < 1.29 is 4.79 Å². The Kier molecular flexibility index (Phi) is 5.95. The van der Waals surface area contributed by atoms with E-state index in [4.69, 9.17) is 0 Å². The average Bonchev–Trinajstić information content (AvgIpc) is 2.69. The molecule has 1 aromatic rings. The summed E-state index contributed by atoms with van der Waals surface area (Å²) in [6.07, 6.45) is 2.48. The number of thiophene rings is 1. The first-order valence-corrected chi connectivity index (χ1v) is 7.19. The summed E-state index contributed by atoms with van der Waals surface area (Å²) in [4.78, 5) is 11.6. The van der Waals surface area contributed by atoms with Gasteiger partial charge in [-0.3, -0.25) is 4.79 Å². The predicted octanol–water partition coefficient (Wildman–Crippen LogP) is 2.97. The number of nitrogens with one attached hydrogen (secondary N) is 1. The van der Waals surface area contributed by atoms with Crippen molar-refractivity contribution in [2.24, 2.45) is 0 Å². The highest BCUT2D eigenvalue weighted by atomic mass is 79.9. The zero-order valence-electron chi connectivity index (χ0n) is 8.83. The van der Waals surface area contributed by atoms with Crippen LogP contribution in [0.15, 0.2) is 16.8 Å². The molecule has 0 spiro atoms. The van der Waals surface area contributed by atoms with Gasteiger partial charge in [0.15, 0.2) is 0 Å². The van der Waals surface area contributed by atoms with Gasteiger partial charge in [-0.25, -0.2) is 0 Å². The molecule has 1 atom stereocenters. The summed E-state index contributed by atoms with van der Waals surface area (Å²) in [7, 11) is 0. The van der Waals surface area contributed by atoms with E-state index in [-0.39, 0.29) is 5.91 Å². The van der Waals surface area contributed by atoms with Gasteiger partial charge < -0.3 is 5.32 Å². The Hall–Kier alpha value is -0.350. The highest BCUT2D eigenvalue weighted by Crippen LogP contribution is 2.07. The molecule has 0 aliphatic carbocycles. The molecule has 0 aliphatic rings. The number of hydrogen-bond donors (Lipinski definition) is 1. The van der Waals surface area contributed by atoms with Crippen LogP contribution in [0, 0.1) is 0 Å². The molecule has 15 heavy (non-hydrogen) atoms. The molecule has 0 aliphatic heterocycles. The second-order valence-electron chi connectivity index (χ2n) is 3.46. The third-order valence-electron chi connectivity index (χ3n) is 2.26. The molecule has 1 heterocycles. The largest absolute Gasteiger partial charge is 0.353 e. The molecule has 2 nitrogen and oxygen atoms in total. The number of carbonyl (C=O) groups excluding carboxylic acids is 1. The molecule has 84 valence electrons. The Morgan fingerprint density at radius 3 is 3.00 bits per heavy atom. The SMILES string of the molecule is CCC(CCBr)NC(=O)Cc1ccsc1. The lowest BCUT2D eigenvalue weighted by molar-refractivity contribution is -0.121. The molecule has 0 radical (unpaired) electrons. The van der Waals surface area contributed by atoms with Crippen molar-refractivity contribution in [1.82, 2.24) is 5.32 Å². The summed E-state index contributed by atoms with van der Waals surface area (Å²) in [5.41, 5.74) is 1.10. The van der Waals surface area contributed by atoms with Crippen LogP contribution in [0.3, 0.4) is 0 Å². The first-order chi connectivity index (χ1) is 7.26. The Morgan fingerprint density at radius 2 is 2.47 bits per heavy atom. The van der Waals surface area contributed by atoms with E-state index in [1.165, 1.54) is 0 Å². The van der Waals surface area contributed by atoms with Gasteiger partial charge in [0.05, 0.1) is 6.42 Å². The van der Waals surface area contributed by atoms with E-state index in [0.717, 1.165) is 23.7 Å². The van der Waals surface area contributed by atoms with Crippen LogP contribution >= 0.6 is 27.3 Å². The third-order valence-corrected chi connectivity index (χ3v) is 3.45. The van der Waals surface area contributed by atoms with Crippen molar-refractivity contribution in [3.63, 3.8) is 0 Å². The van der Waals surface area contributed by atoms with Crippen molar-refractivity contribution >= 4 is 33.2 Å². The molecule has 4 heteroatoms. The minimum absolute atomic E-state index is 0.126. The topological polar surface area (TPSA) is 29.1 Å². The first-order valence-electron chi connectivity index (χ1n) is 5.12. The van der Waals surface area contributed by atoms with Gasteiger partial charge in [0.2, 0.25) is 5.91 Å². The number of rotatable bonds is 6. The van der Waals surface area contributed by atoms with Crippen LogP contribution in [0.2, 0.25) is 0 Å². The second kappa shape index (κ2) is 7.01. The summed E-state index contributed by atoms with van der Waals surface area (Å²) in [5, 5.41) is 7.99. The van der Waals surface area contributed by atoms with Crippen LogP contribution in [0.4, 0.5) is 0 Å². The minimum Gasteiger partial charge on any atom is -0.353 e. The first kappa shape index (κ1) is 12.7. The number of hydrogen-bond acceptors (Lipinski definition) is 2. The van der Waals surface area contributed by atoms with Gasteiger partial charge in [-0.2, -0.15) is 11.3 Å². The smallest absolute Gasteiger partial charge is 0.224 e. The fourth-order valence-corrected chi connectivity index (χ4v) is 2.59. The minimum atomic E-state index is 0.126. The standard InChI is InChI=1S/C11H16BrNOS/c1-2-10(3-5-12)13-11(14)7-9-4-6-15-8-9/h4,6,8,10H,2-3,5,7H2,1H3,(H,13,14). The molecule has 1 unspecified atom stereocenters. The van der Waals surface area contributed by atoms with Crippen LogP contribution in [-0.4, -0.2) is 17.3 Å². The van der Waals surface area contributed by atoms with Gasteiger partial charge in [0.25, 0.3) is 0 Å². The highest BCUT2D eigenvalue weighted by Gasteiger charge is 2.10. The Balaban J connectivity index is 2.34. The molecule has 0 bridgehead atoms. The van der Waals surface area contributed by atoms with E-state index in [1.807, 2.05) is 16.8 Å². The van der Waals surface area contributed by atoms with Crippen LogP contribution in [0.1, 0.15) is 25.3 Å². The number of alkyl halides is 1. The lowest BCUT2D eigenvalue weighted by Crippen LogP contribution is -2.35. The molecule has 0 saturated heterocycles. The van der Waals surface area contributed by atoms with E-state index in [9.17, 15) is 4.79 Å². The fourth-order valence-electron chi connectivity index (χ4n) is 1.37. The zero-order valence-corrected chi connectivity index (χ0v) is 11.2. The fraction of sp³-hybridized carbons (Fsp3) is 0.545. The molecule has 1 N–H and O–H groups in total. The molecule has 0 aromatic carbocycles. The molecule has 0 saturated carbocycles. The van der Waals surface area contributed by atoms with Gasteiger partial charge >= 0.3 is 0 Å². The maximum Gasteiger partial charge on any atom is 0.224 e. The van der Waals surface area contributed by atoms with Gasteiger partial charge in [0, 0.05) is 11.4 Å². The molecule has 1 amide bonds. The quantitative estimate of drug-likeness (QED) is 0.802. The summed E-state index contributed by atoms with van der Waals surface area (Å²) < 4.78 is 0. The Morgan fingerprint density at radius 1 is 1.67 bits per heavy atom.